The molecule has 12 heteroatoms. The van der Waals surface area contributed by atoms with Crippen LogP contribution < -0.4 is 10.6 Å². The maximum atomic E-state index is 12.6. The van der Waals surface area contributed by atoms with Gasteiger partial charge in [-0.1, -0.05) is 6.92 Å². The molecule has 1 amide bonds. The number of nitrogens with one attached hydrogen (secondary N) is 2. The monoisotopic (exact) mass is 414 g/mol. The maximum absolute atomic E-state index is 12.6. The summed E-state index contributed by atoms with van der Waals surface area (Å²) in [6.07, 6.45) is 1.73. The fraction of sp³-hybridized carbons (Fsp3) is 0.389. The molecule has 2 rings (SSSR count). The van der Waals surface area contributed by atoms with Crippen LogP contribution in [0.1, 0.15) is 19.4 Å². The van der Waals surface area contributed by atoms with Gasteiger partial charge in [0.15, 0.2) is 6.19 Å². The Morgan fingerprint density at radius 2 is 2.03 bits per heavy atom. The molecule has 0 spiro atoms. The van der Waals surface area contributed by atoms with Crippen LogP contribution in [0, 0.1) is 33.4 Å². The Morgan fingerprint density at radius 3 is 2.53 bits per heavy atom. The van der Waals surface area contributed by atoms with E-state index in [0.717, 1.165) is 0 Å². The van der Waals surface area contributed by atoms with Gasteiger partial charge in [0.2, 0.25) is 5.91 Å². The number of nitro groups is 1. The third kappa shape index (κ3) is 4.65. The number of amides is 1. The fourth-order valence-electron chi connectivity index (χ4n) is 3.08. The van der Waals surface area contributed by atoms with Crippen molar-refractivity contribution in [2.75, 3.05) is 0 Å². The summed E-state index contributed by atoms with van der Waals surface area (Å²) in [4.78, 5) is 49.4. The molecule has 12 nitrogen and oxygen atoms in total. The Morgan fingerprint density at radius 1 is 1.40 bits per heavy atom. The molecule has 30 heavy (non-hydrogen) atoms. The Labute approximate surface area is 170 Å². The van der Waals surface area contributed by atoms with Crippen molar-refractivity contribution in [3.05, 3.63) is 45.5 Å². The summed E-state index contributed by atoms with van der Waals surface area (Å²) in [6, 6.07) is 4.02. The molecule has 2 N–H and O–H groups in total. The first-order valence-electron chi connectivity index (χ1n) is 8.83. The van der Waals surface area contributed by atoms with E-state index in [1.54, 1.807) is 13.1 Å². The van der Waals surface area contributed by atoms with Gasteiger partial charge in [0, 0.05) is 24.1 Å². The summed E-state index contributed by atoms with van der Waals surface area (Å²) in [6.45, 7) is 2.76. The van der Waals surface area contributed by atoms with Gasteiger partial charge in [-0.25, -0.2) is 4.79 Å². The summed E-state index contributed by atoms with van der Waals surface area (Å²) in [5.74, 6) is -3.98. The topological polar surface area (TPSA) is 188 Å². The van der Waals surface area contributed by atoms with Gasteiger partial charge in [0.25, 0.3) is 11.5 Å². The molecule has 156 valence electrons. The van der Waals surface area contributed by atoms with Crippen molar-refractivity contribution in [3.63, 3.8) is 0 Å². The minimum atomic E-state index is -1.18. The lowest BCUT2D eigenvalue weighted by atomic mass is 9.75. The minimum absolute atomic E-state index is 0.135. The van der Waals surface area contributed by atoms with Crippen LogP contribution in [0.25, 0.3) is 5.53 Å². The van der Waals surface area contributed by atoms with Crippen molar-refractivity contribution < 1.29 is 28.8 Å². The smallest absolute Gasteiger partial charge is 0.441 e. The van der Waals surface area contributed by atoms with Crippen molar-refractivity contribution >= 4 is 29.1 Å². The molecule has 1 aromatic rings. The molecule has 1 aromatic carbocycles. The molecular weight excluding hydrogens is 396 g/mol. The van der Waals surface area contributed by atoms with Crippen LogP contribution in [0.4, 0.5) is 5.69 Å². The molecule has 0 aromatic heterocycles. The number of β-lactam (4-membered cyclic amide) rings is 1. The molecule has 4 atom stereocenters. The maximum Gasteiger partial charge on any atom is 0.441 e. The normalized spacial score (nSPS) is 19.0. The third-order valence-electron chi connectivity index (χ3n) is 4.83. The van der Waals surface area contributed by atoms with Gasteiger partial charge in [-0.05, 0) is 24.6 Å². The van der Waals surface area contributed by atoms with Gasteiger partial charge in [0.1, 0.15) is 6.61 Å². The number of ether oxygens (including phenoxy) is 1. The van der Waals surface area contributed by atoms with Crippen LogP contribution in [0.2, 0.25) is 0 Å². The molecule has 1 aliphatic heterocycles. The second-order valence-electron chi connectivity index (χ2n) is 6.71. The molecule has 0 radical (unpaired) electrons. The summed E-state index contributed by atoms with van der Waals surface area (Å²) in [5, 5.41) is 24.3. The van der Waals surface area contributed by atoms with E-state index < -0.39 is 46.3 Å². The van der Waals surface area contributed by atoms with Crippen LogP contribution in [-0.2, 0) is 25.7 Å². The zero-order chi connectivity index (χ0) is 22.4. The van der Waals surface area contributed by atoms with E-state index in [9.17, 15) is 24.5 Å². The number of benzene rings is 1. The highest BCUT2D eigenvalue weighted by molar-refractivity contribution is 6.62. The Kier molecular flexibility index (Phi) is 6.95. The first kappa shape index (κ1) is 22.2. The van der Waals surface area contributed by atoms with Crippen molar-refractivity contribution in [2.24, 2.45) is 11.8 Å². The number of nitro benzene ring substituents is 1. The number of non-ortho nitro benzene ring substituents is 1. The number of rotatable bonds is 9. The predicted octanol–water partition coefficient (Wildman–Crippen LogP) is 0.0878. The van der Waals surface area contributed by atoms with Crippen LogP contribution in [0.15, 0.2) is 24.3 Å². The Balaban J connectivity index is 2.02. The summed E-state index contributed by atoms with van der Waals surface area (Å²) < 4.78 is 4.95. The number of ketones is 1. The number of hydrogen-bond donors (Lipinski definition) is 2. The van der Waals surface area contributed by atoms with Crippen molar-refractivity contribution in [1.82, 2.24) is 10.6 Å². The molecule has 2 unspecified atom stereocenters. The highest BCUT2D eigenvalue weighted by Gasteiger charge is 2.50. The van der Waals surface area contributed by atoms with E-state index in [1.165, 1.54) is 31.2 Å². The molecular formula is C18H18N6O6. The standard InChI is InChI=1S/C18H18N6O6/c1-9(14-13(17(26)22-14)10(2)21-8-19)16(25)15(23-20)18(27)30-7-11-3-5-12(6-4-11)24(28)29/h3-6,9-10,13-14,21H,7H2,1-2H3,(H,22,26)/t9?,10?,13-,14-/m1/s1. The number of esters is 1. The van der Waals surface area contributed by atoms with Gasteiger partial charge >= 0.3 is 11.7 Å². The largest absolute Gasteiger partial charge is 0.452 e. The van der Waals surface area contributed by atoms with Crippen LogP contribution >= 0.6 is 0 Å². The summed E-state index contributed by atoms with van der Waals surface area (Å²) >= 11 is 0. The van der Waals surface area contributed by atoms with Crippen molar-refractivity contribution in [2.45, 2.75) is 32.5 Å². The lowest BCUT2D eigenvalue weighted by molar-refractivity contribution is -0.384. The quantitative estimate of drug-likeness (QED) is 0.0543. The van der Waals surface area contributed by atoms with E-state index in [-0.39, 0.29) is 18.2 Å². The molecule has 0 saturated carbocycles. The first-order valence-corrected chi connectivity index (χ1v) is 8.83. The van der Waals surface area contributed by atoms with E-state index in [4.69, 9.17) is 15.5 Å². The molecule has 1 aliphatic rings. The average molecular weight is 414 g/mol. The molecule has 1 fully saturated rings. The van der Waals surface area contributed by atoms with E-state index >= 15 is 0 Å². The van der Waals surface area contributed by atoms with Crippen LogP contribution in [0.3, 0.4) is 0 Å². The number of nitrogens with zero attached hydrogens (tertiary/aromatic N) is 4. The third-order valence-corrected chi connectivity index (χ3v) is 4.83. The van der Waals surface area contributed by atoms with Crippen molar-refractivity contribution in [1.29, 1.82) is 5.26 Å². The van der Waals surface area contributed by atoms with Gasteiger partial charge in [-0.15, -0.1) is 0 Å². The minimum Gasteiger partial charge on any atom is -0.452 e. The van der Waals surface area contributed by atoms with E-state index in [2.05, 4.69) is 15.4 Å². The lowest BCUT2D eigenvalue weighted by Crippen LogP contribution is -2.67. The molecule has 0 aliphatic carbocycles. The van der Waals surface area contributed by atoms with Crippen LogP contribution in [-0.4, -0.2) is 45.2 Å². The van der Waals surface area contributed by atoms with E-state index in [0.29, 0.717) is 5.56 Å². The van der Waals surface area contributed by atoms with Gasteiger partial charge in [-0.3, -0.25) is 19.7 Å². The number of nitriles is 1. The Bertz CT molecular complexity index is 962. The number of carbonyl (C=O) groups excluding carboxylic acids is 3. The molecule has 1 heterocycles. The van der Waals surface area contributed by atoms with Gasteiger partial charge in [-0.2, -0.15) is 10.1 Å². The molecule has 1 saturated heterocycles. The number of Topliss-reactive ketones (excluding diaryl/α,β-unsaturated/α-hetero) is 1. The number of hydrogen-bond acceptors (Lipinski definition) is 8. The Hall–Kier alpha value is -4.10. The SMILES string of the molecule is CC(C(=O)C(=[N+]=[N-])C(=O)OCc1ccc([N+](=O)[O-])cc1)[C@H]1NC(=O)[C@@H]1C(C)NC#N. The zero-order valence-corrected chi connectivity index (χ0v) is 16.1. The number of carbonyl (C=O) groups is 3. The molecule has 0 bridgehead atoms. The fourth-order valence-corrected chi connectivity index (χ4v) is 3.08. The first-order chi connectivity index (χ1) is 14.2. The van der Waals surface area contributed by atoms with Gasteiger partial charge in [0.05, 0.1) is 16.9 Å². The highest BCUT2D eigenvalue weighted by Crippen LogP contribution is 2.26. The summed E-state index contributed by atoms with van der Waals surface area (Å²) in [7, 11) is 0. The zero-order valence-electron chi connectivity index (χ0n) is 16.1. The lowest BCUT2D eigenvalue weighted by Gasteiger charge is -2.42. The van der Waals surface area contributed by atoms with Crippen molar-refractivity contribution in [3.8, 4) is 6.19 Å². The van der Waals surface area contributed by atoms with Crippen LogP contribution in [0.5, 0.6) is 0 Å². The highest BCUT2D eigenvalue weighted by atomic mass is 16.6. The van der Waals surface area contributed by atoms with Gasteiger partial charge < -0.3 is 20.9 Å². The average Bonchev–Trinajstić information content (AvgIpc) is 2.70. The van der Waals surface area contributed by atoms with E-state index in [1.807, 2.05) is 0 Å². The second-order valence-corrected chi connectivity index (χ2v) is 6.71. The summed E-state index contributed by atoms with van der Waals surface area (Å²) in [5.41, 5.74) is 8.59. The second kappa shape index (κ2) is 9.40. The predicted molar refractivity (Wildman–Crippen MR) is 99.3 cm³/mol.